The van der Waals surface area contributed by atoms with Crippen LogP contribution in [0.4, 0.5) is 5.69 Å². The Morgan fingerprint density at radius 3 is 2.42 bits per heavy atom. The van der Waals surface area contributed by atoms with Gasteiger partial charge >= 0.3 is 0 Å². The molecule has 9 heteroatoms. The Morgan fingerprint density at radius 2 is 1.70 bits per heavy atom. The maximum absolute atomic E-state index is 13.6. The molecule has 1 N–H and O–H groups in total. The quantitative estimate of drug-likeness (QED) is 0.321. The number of ether oxygens (including phenoxy) is 1. The number of anilines is 1. The maximum Gasteiger partial charge on any atom is 0.253 e. The fourth-order valence-electron chi connectivity index (χ4n) is 5.50. The van der Waals surface area contributed by atoms with Crippen molar-refractivity contribution < 1.29 is 4.74 Å². The minimum Gasteiger partial charge on any atom is -0.497 e. The summed E-state index contributed by atoms with van der Waals surface area (Å²) in [7, 11) is 1.68. The second-order valence-corrected chi connectivity index (χ2v) is 10.1. The van der Waals surface area contributed by atoms with Crippen molar-refractivity contribution in [2.45, 2.75) is 25.9 Å². The monoisotopic (exact) mass is 535 g/mol. The number of hydrogen-bond acceptors (Lipinski definition) is 7. The molecule has 1 fully saturated rings. The lowest BCUT2D eigenvalue weighted by molar-refractivity contribution is 0.200. The summed E-state index contributed by atoms with van der Waals surface area (Å²) in [5, 5.41) is 13.9. The van der Waals surface area contributed by atoms with Crippen LogP contribution in [-0.2, 0) is 13.0 Å². The molecule has 40 heavy (non-hydrogen) atoms. The Labute approximate surface area is 233 Å². The third kappa shape index (κ3) is 5.20. The van der Waals surface area contributed by atoms with Gasteiger partial charge in [0.15, 0.2) is 5.82 Å². The first kappa shape index (κ1) is 25.8. The number of H-pyrrole nitrogens is 1. The van der Waals surface area contributed by atoms with E-state index in [9.17, 15) is 4.79 Å². The lowest BCUT2D eigenvalue weighted by atomic mass is 10.0. The number of nitrogens with one attached hydrogen (secondary N) is 1. The normalized spacial score (nSPS) is 14.9. The maximum atomic E-state index is 13.6. The molecule has 1 aliphatic rings. The molecular formula is C31H33N7O2. The molecule has 1 saturated heterocycles. The van der Waals surface area contributed by atoms with E-state index in [1.807, 2.05) is 47.1 Å². The zero-order valence-electron chi connectivity index (χ0n) is 22.8. The van der Waals surface area contributed by atoms with Gasteiger partial charge < -0.3 is 14.6 Å². The number of methoxy groups -OCH3 is 1. The number of benzene rings is 3. The summed E-state index contributed by atoms with van der Waals surface area (Å²) in [4.78, 5) is 21.4. The number of pyridine rings is 1. The van der Waals surface area contributed by atoms with Crippen molar-refractivity contribution in [2.24, 2.45) is 0 Å². The first-order valence-electron chi connectivity index (χ1n) is 13.7. The summed E-state index contributed by atoms with van der Waals surface area (Å²) in [5.41, 5.74) is 4.85. The topological polar surface area (TPSA) is 92.2 Å². The van der Waals surface area contributed by atoms with Gasteiger partial charge in [-0.25, -0.2) is 4.68 Å². The summed E-state index contributed by atoms with van der Waals surface area (Å²) < 4.78 is 7.15. The van der Waals surface area contributed by atoms with Gasteiger partial charge in [-0.1, -0.05) is 43.3 Å². The van der Waals surface area contributed by atoms with E-state index in [-0.39, 0.29) is 5.56 Å². The van der Waals surface area contributed by atoms with Crippen molar-refractivity contribution >= 4 is 16.6 Å². The van der Waals surface area contributed by atoms with Crippen LogP contribution in [0, 0.1) is 0 Å². The first-order chi connectivity index (χ1) is 19.6. The number of aromatic amines is 1. The van der Waals surface area contributed by atoms with Crippen LogP contribution in [0.25, 0.3) is 10.9 Å². The highest BCUT2D eigenvalue weighted by atomic mass is 16.5. The van der Waals surface area contributed by atoms with Crippen molar-refractivity contribution in [2.75, 3.05) is 38.2 Å². The Hall–Kier alpha value is -4.50. The van der Waals surface area contributed by atoms with Gasteiger partial charge in [0, 0.05) is 42.9 Å². The van der Waals surface area contributed by atoms with Gasteiger partial charge in [-0.2, -0.15) is 0 Å². The molecule has 5 aromatic rings. The van der Waals surface area contributed by atoms with Crippen molar-refractivity contribution in [3.05, 3.63) is 112 Å². The second-order valence-electron chi connectivity index (χ2n) is 10.1. The molecule has 204 valence electrons. The van der Waals surface area contributed by atoms with Crippen LogP contribution >= 0.6 is 0 Å². The van der Waals surface area contributed by atoms with Crippen molar-refractivity contribution in [3.8, 4) is 5.75 Å². The summed E-state index contributed by atoms with van der Waals surface area (Å²) in [6, 6.07) is 26.1. The molecule has 6 rings (SSSR count). The lowest BCUT2D eigenvalue weighted by Gasteiger charge is -2.39. The molecule has 0 saturated carbocycles. The zero-order chi connectivity index (χ0) is 27.5. The number of fused-ring (bicyclic) bond motifs is 1. The molecule has 0 spiro atoms. The number of aryl methyl sites for hydroxylation is 1. The summed E-state index contributed by atoms with van der Waals surface area (Å²) >= 11 is 0. The standard InChI is InChI=1S/C31H33N7O2/c1-3-22-9-14-28-24(19-22)20-27(31(39)32-28)29(30-33-34-35-38(30)21-23-7-5-4-6-8-23)37-17-15-36(16-18-37)25-10-12-26(40-2)13-11-25/h4-14,19-20,29H,3,15-18,21H2,1-2H3,(H,32,39)/t29-/m1/s1. The largest absolute Gasteiger partial charge is 0.497 e. The van der Waals surface area contributed by atoms with E-state index in [0.717, 1.165) is 60.5 Å². The van der Waals surface area contributed by atoms with Crippen LogP contribution in [0.2, 0.25) is 0 Å². The molecule has 9 nitrogen and oxygen atoms in total. The molecule has 0 bridgehead atoms. The highest BCUT2D eigenvalue weighted by Crippen LogP contribution is 2.30. The van der Waals surface area contributed by atoms with Gasteiger partial charge in [-0.3, -0.25) is 9.69 Å². The van der Waals surface area contributed by atoms with Crippen LogP contribution in [0.15, 0.2) is 83.7 Å². The van der Waals surface area contributed by atoms with E-state index in [2.05, 4.69) is 73.6 Å². The van der Waals surface area contributed by atoms with E-state index in [4.69, 9.17) is 4.74 Å². The molecular weight excluding hydrogens is 502 g/mol. The van der Waals surface area contributed by atoms with Crippen LogP contribution in [0.1, 0.15) is 35.5 Å². The number of aromatic nitrogens is 5. The summed E-state index contributed by atoms with van der Waals surface area (Å²) in [6.45, 7) is 5.79. The SMILES string of the molecule is CCc1ccc2[nH]c(=O)c([C@H](c3nnnn3Cc3ccccc3)N3CCN(c4ccc(OC)cc4)CC3)cc2c1. The molecule has 3 heterocycles. The highest BCUT2D eigenvalue weighted by Gasteiger charge is 2.33. The predicted octanol–water partition coefficient (Wildman–Crippen LogP) is 4.05. The van der Waals surface area contributed by atoms with Gasteiger partial charge in [0.05, 0.1) is 13.7 Å². The van der Waals surface area contributed by atoms with Gasteiger partial charge in [-0.05, 0) is 75.8 Å². The minimum atomic E-state index is -0.393. The fourth-order valence-corrected chi connectivity index (χ4v) is 5.50. The molecule has 0 unspecified atom stereocenters. The van der Waals surface area contributed by atoms with Gasteiger partial charge in [0.25, 0.3) is 5.56 Å². The number of piperazine rings is 1. The third-order valence-electron chi connectivity index (χ3n) is 7.74. The lowest BCUT2D eigenvalue weighted by Crippen LogP contribution is -2.49. The zero-order valence-corrected chi connectivity index (χ0v) is 22.8. The second kappa shape index (κ2) is 11.3. The average molecular weight is 536 g/mol. The van der Waals surface area contributed by atoms with Crippen LogP contribution in [0.5, 0.6) is 5.75 Å². The van der Waals surface area contributed by atoms with Crippen molar-refractivity contribution in [1.82, 2.24) is 30.1 Å². The molecule has 0 aliphatic carbocycles. The fraction of sp³-hybridized carbons (Fsp3) is 0.290. The van der Waals surface area contributed by atoms with E-state index < -0.39 is 6.04 Å². The van der Waals surface area contributed by atoms with Crippen molar-refractivity contribution in [1.29, 1.82) is 0 Å². The number of hydrogen-bond donors (Lipinski definition) is 1. The van der Waals surface area contributed by atoms with Crippen LogP contribution in [0.3, 0.4) is 0 Å². The van der Waals surface area contributed by atoms with Crippen LogP contribution in [-0.4, -0.2) is 63.4 Å². The number of rotatable bonds is 8. The Bertz CT molecular complexity index is 1640. The molecule has 0 amide bonds. The molecule has 0 radical (unpaired) electrons. The number of tetrazole rings is 1. The molecule has 1 aliphatic heterocycles. The van der Waals surface area contributed by atoms with Crippen molar-refractivity contribution in [3.63, 3.8) is 0 Å². The summed E-state index contributed by atoms with van der Waals surface area (Å²) in [6.07, 6.45) is 0.927. The minimum absolute atomic E-state index is 0.117. The molecule has 2 aromatic heterocycles. The predicted molar refractivity (Wildman–Crippen MR) is 156 cm³/mol. The Balaban J connectivity index is 1.37. The number of nitrogens with zero attached hydrogens (tertiary/aromatic N) is 6. The first-order valence-corrected chi connectivity index (χ1v) is 13.7. The van der Waals surface area contributed by atoms with Gasteiger partial charge in [0.1, 0.15) is 11.8 Å². The highest BCUT2D eigenvalue weighted by molar-refractivity contribution is 5.80. The third-order valence-corrected chi connectivity index (χ3v) is 7.74. The van der Waals surface area contributed by atoms with Crippen LogP contribution < -0.4 is 15.2 Å². The van der Waals surface area contributed by atoms with Gasteiger partial charge in [-0.15, -0.1) is 5.10 Å². The van der Waals surface area contributed by atoms with E-state index in [0.29, 0.717) is 17.9 Å². The smallest absolute Gasteiger partial charge is 0.253 e. The Kier molecular flexibility index (Phi) is 7.29. The average Bonchev–Trinajstić information content (AvgIpc) is 3.45. The van der Waals surface area contributed by atoms with E-state index in [1.54, 1.807) is 7.11 Å². The van der Waals surface area contributed by atoms with E-state index in [1.165, 1.54) is 5.56 Å². The summed E-state index contributed by atoms with van der Waals surface area (Å²) in [5.74, 6) is 1.51. The van der Waals surface area contributed by atoms with E-state index >= 15 is 0 Å². The van der Waals surface area contributed by atoms with Gasteiger partial charge in [0.2, 0.25) is 0 Å². The molecule has 1 atom stereocenters. The molecule has 3 aromatic carbocycles. The Morgan fingerprint density at radius 1 is 0.925 bits per heavy atom.